The topological polar surface area (TPSA) is 26.3 Å². The molecule has 0 atom stereocenters. The second kappa shape index (κ2) is 19.2. The van der Waals surface area contributed by atoms with Crippen LogP contribution in [0.15, 0.2) is 60.8 Å². The zero-order valence-electron chi connectivity index (χ0n) is 15.5. The molecule has 0 aliphatic rings. The summed E-state index contributed by atoms with van der Waals surface area (Å²) in [6.45, 7) is 4.46. The lowest BCUT2D eigenvalue weighted by molar-refractivity contribution is -0.143. The molecule has 0 aromatic carbocycles. The maximum atomic E-state index is 11.1. The summed E-state index contributed by atoms with van der Waals surface area (Å²) in [5, 5.41) is 0. The molecule has 0 aromatic heterocycles. The Morgan fingerprint density at radius 3 is 1.62 bits per heavy atom. The Bertz CT molecular complexity index is 425. The Morgan fingerprint density at radius 1 is 0.708 bits per heavy atom. The van der Waals surface area contributed by atoms with Gasteiger partial charge in [-0.2, -0.15) is 0 Å². The number of esters is 1. The van der Waals surface area contributed by atoms with Crippen molar-refractivity contribution in [3.63, 3.8) is 0 Å². The van der Waals surface area contributed by atoms with Crippen LogP contribution in [0.1, 0.15) is 65.2 Å². The molecule has 0 saturated carbocycles. The van der Waals surface area contributed by atoms with Gasteiger partial charge in [0.15, 0.2) is 0 Å². The number of carbonyl (C=O) groups is 1. The third kappa shape index (κ3) is 18.2. The average molecular weight is 331 g/mol. The molecule has 0 spiro atoms. The van der Waals surface area contributed by atoms with E-state index in [-0.39, 0.29) is 5.97 Å². The molecular formula is C22H34O2. The van der Waals surface area contributed by atoms with Gasteiger partial charge in [0, 0.05) is 6.42 Å². The third-order valence-electron chi connectivity index (χ3n) is 3.21. The van der Waals surface area contributed by atoms with Crippen molar-refractivity contribution in [2.45, 2.75) is 65.2 Å². The quantitative estimate of drug-likeness (QED) is 0.207. The SMILES string of the molecule is CC/C=C\C/C=C\C/C=C\C/C=C\C/C=C/CCCC(=O)OCC. The molecule has 0 aliphatic heterocycles. The van der Waals surface area contributed by atoms with E-state index in [1.165, 1.54) is 0 Å². The molecule has 0 rings (SSSR count). The highest BCUT2D eigenvalue weighted by Crippen LogP contribution is 2.00. The molecule has 0 N–H and O–H groups in total. The summed E-state index contributed by atoms with van der Waals surface area (Å²) in [4.78, 5) is 11.1. The summed E-state index contributed by atoms with van der Waals surface area (Å²) in [7, 11) is 0. The molecule has 134 valence electrons. The fourth-order valence-electron chi connectivity index (χ4n) is 1.97. The minimum absolute atomic E-state index is 0.0927. The van der Waals surface area contributed by atoms with Crippen LogP contribution in [0, 0.1) is 0 Å². The second-order valence-electron chi connectivity index (χ2n) is 5.41. The molecule has 0 amide bonds. The highest BCUT2D eigenvalue weighted by molar-refractivity contribution is 5.69. The van der Waals surface area contributed by atoms with Crippen molar-refractivity contribution in [2.24, 2.45) is 0 Å². The molecule has 2 heteroatoms. The first-order chi connectivity index (χ1) is 11.8. The minimum Gasteiger partial charge on any atom is -0.466 e. The highest BCUT2D eigenvalue weighted by Gasteiger charge is 1.98. The Morgan fingerprint density at radius 2 is 1.17 bits per heavy atom. The number of rotatable bonds is 14. The third-order valence-corrected chi connectivity index (χ3v) is 3.21. The first kappa shape index (κ1) is 22.2. The Kier molecular flexibility index (Phi) is 17.8. The van der Waals surface area contributed by atoms with Crippen molar-refractivity contribution in [3.8, 4) is 0 Å². The van der Waals surface area contributed by atoms with Gasteiger partial charge in [-0.1, -0.05) is 67.7 Å². The number of unbranched alkanes of at least 4 members (excludes halogenated alkanes) is 1. The van der Waals surface area contributed by atoms with E-state index < -0.39 is 0 Å². The summed E-state index contributed by atoms with van der Waals surface area (Å²) in [6.07, 6.45) is 29.3. The van der Waals surface area contributed by atoms with Crippen molar-refractivity contribution in [1.82, 2.24) is 0 Å². The highest BCUT2D eigenvalue weighted by atomic mass is 16.5. The summed E-state index contributed by atoms with van der Waals surface area (Å²) < 4.78 is 4.88. The van der Waals surface area contributed by atoms with E-state index in [0.29, 0.717) is 13.0 Å². The van der Waals surface area contributed by atoms with Gasteiger partial charge in [0.1, 0.15) is 0 Å². The van der Waals surface area contributed by atoms with E-state index in [1.807, 2.05) is 6.92 Å². The fraction of sp³-hybridized carbons (Fsp3) is 0.500. The van der Waals surface area contributed by atoms with Gasteiger partial charge in [0.2, 0.25) is 0 Å². The van der Waals surface area contributed by atoms with Crippen LogP contribution in [-0.4, -0.2) is 12.6 Å². The molecule has 0 aromatic rings. The molecule has 0 bridgehead atoms. The van der Waals surface area contributed by atoms with Gasteiger partial charge in [0.25, 0.3) is 0 Å². The maximum Gasteiger partial charge on any atom is 0.305 e. The largest absolute Gasteiger partial charge is 0.466 e. The van der Waals surface area contributed by atoms with Crippen LogP contribution in [0.5, 0.6) is 0 Å². The predicted octanol–water partition coefficient (Wildman–Crippen LogP) is 6.47. The van der Waals surface area contributed by atoms with Crippen molar-refractivity contribution >= 4 is 5.97 Å². The van der Waals surface area contributed by atoms with Gasteiger partial charge in [0.05, 0.1) is 6.61 Å². The number of carbonyl (C=O) groups excluding carboxylic acids is 1. The van der Waals surface area contributed by atoms with E-state index in [0.717, 1.165) is 44.9 Å². The van der Waals surface area contributed by atoms with Crippen molar-refractivity contribution < 1.29 is 9.53 Å². The number of hydrogen-bond donors (Lipinski definition) is 0. The molecule has 0 unspecified atom stereocenters. The molecule has 0 radical (unpaired) electrons. The normalized spacial score (nSPS) is 12.6. The van der Waals surface area contributed by atoms with Crippen LogP contribution in [0.3, 0.4) is 0 Å². The van der Waals surface area contributed by atoms with Crippen LogP contribution in [-0.2, 0) is 9.53 Å². The van der Waals surface area contributed by atoms with Crippen molar-refractivity contribution in [2.75, 3.05) is 6.61 Å². The van der Waals surface area contributed by atoms with Crippen LogP contribution in [0.25, 0.3) is 0 Å². The number of allylic oxidation sites excluding steroid dienone is 10. The summed E-state index contributed by atoms with van der Waals surface area (Å²) in [5.74, 6) is -0.0927. The lowest BCUT2D eigenvalue weighted by atomic mass is 10.2. The molecule has 0 aliphatic carbocycles. The number of hydrogen-bond acceptors (Lipinski definition) is 2. The van der Waals surface area contributed by atoms with E-state index in [1.54, 1.807) is 0 Å². The van der Waals surface area contributed by atoms with E-state index >= 15 is 0 Å². The van der Waals surface area contributed by atoms with Crippen LogP contribution in [0.4, 0.5) is 0 Å². The lowest BCUT2D eigenvalue weighted by Crippen LogP contribution is -2.02. The van der Waals surface area contributed by atoms with Gasteiger partial charge < -0.3 is 4.74 Å². The van der Waals surface area contributed by atoms with Gasteiger partial charge in [-0.15, -0.1) is 0 Å². The smallest absolute Gasteiger partial charge is 0.305 e. The van der Waals surface area contributed by atoms with E-state index in [9.17, 15) is 4.79 Å². The molecular weight excluding hydrogens is 296 g/mol. The molecule has 2 nitrogen and oxygen atoms in total. The minimum atomic E-state index is -0.0927. The Balaban J connectivity index is 3.48. The summed E-state index contributed by atoms with van der Waals surface area (Å²) >= 11 is 0. The number of ether oxygens (including phenoxy) is 1. The summed E-state index contributed by atoms with van der Waals surface area (Å²) in [5.41, 5.74) is 0. The van der Waals surface area contributed by atoms with E-state index in [4.69, 9.17) is 4.74 Å². The summed E-state index contributed by atoms with van der Waals surface area (Å²) in [6, 6.07) is 0. The van der Waals surface area contributed by atoms with Crippen LogP contribution >= 0.6 is 0 Å². The molecule has 0 saturated heterocycles. The first-order valence-electron chi connectivity index (χ1n) is 9.21. The maximum absolute atomic E-state index is 11.1. The van der Waals surface area contributed by atoms with Gasteiger partial charge in [-0.25, -0.2) is 0 Å². The Hall–Kier alpha value is -1.83. The van der Waals surface area contributed by atoms with Crippen LogP contribution < -0.4 is 0 Å². The van der Waals surface area contributed by atoms with Gasteiger partial charge in [-0.05, 0) is 51.9 Å². The van der Waals surface area contributed by atoms with Gasteiger partial charge in [-0.3, -0.25) is 4.79 Å². The Labute approximate surface area is 148 Å². The van der Waals surface area contributed by atoms with Crippen molar-refractivity contribution in [1.29, 1.82) is 0 Å². The predicted molar refractivity (Wildman–Crippen MR) is 105 cm³/mol. The standard InChI is InChI=1S/C22H34O2/c1-3-5-6-7-8-9-10-11-12-13-14-15-16-17-18-19-20-21-22(23)24-4-2/h5-6,8-9,11-12,14-15,17-18H,3-4,7,10,13,16,19-21H2,1-2H3/b6-5-,9-8-,12-11-,15-14-,18-17+. The van der Waals surface area contributed by atoms with E-state index in [2.05, 4.69) is 67.7 Å². The molecule has 0 heterocycles. The molecule has 24 heavy (non-hydrogen) atoms. The van der Waals surface area contributed by atoms with Gasteiger partial charge >= 0.3 is 5.97 Å². The first-order valence-corrected chi connectivity index (χ1v) is 9.21. The zero-order chi connectivity index (χ0) is 17.7. The fourth-order valence-corrected chi connectivity index (χ4v) is 1.97. The lowest BCUT2D eigenvalue weighted by Gasteiger charge is -1.98. The zero-order valence-corrected chi connectivity index (χ0v) is 15.5. The molecule has 0 fully saturated rings. The van der Waals surface area contributed by atoms with Crippen molar-refractivity contribution in [3.05, 3.63) is 60.8 Å². The van der Waals surface area contributed by atoms with Crippen LogP contribution in [0.2, 0.25) is 0 Å². The second-order valence-corrected chi connectivity index (χ2v) is 5.41. The monoisotopic (exact) mass is 330 g/mol. The average Bonchev–Trinajstić information content (AvgIpc) is 2.58.